The molecular weight excluding hydrogens is 382 g/mol. The minimum Gasteiger partial charge on any atom is -0.403 e. The Hall–Kier alpha value is -3.70. The summed E-state index contributed by atoms with van der Waals surface area (Å²) in [4.78, 5) is 21.8. The number of nitrogens with zero attached hydrogens (tertiary/aromatic N) is 3. The van der Waals surface area contributed by atoms with Crippen LogP contribution in [0.4, 0.5) is 29.3 Å². The van der Waals surface area contributed by atoms with Crippen LogP contribution in [0.25, 0.3) is 0 Å². The molecule has 6 N–H and O–H groups in total. The molecule has 0 aliphatic carbocycles. The number of aromatic nitrogens is 2. The first-order chi connectivity index (χ1) is 13.3. The summed E-state index contributed by atoms with van der Waals surface area (Å²) in [6.45, 7) is -0.844. The summed E-state index contributed by atoms with van der Waals surface area (Å²) < 4.78 is 54.4. The first kappa shape index (κ1) is 20.6. The number of rotatable bonds is 8. The summed E-state index contributed by atoms with van der Waals surface area (Å²) in [5, 5.41) is 4.97. The molecule has 0 radical (unpaired) electrons. The number of aliphatic imine (C=N–C) groups is 1. The fourth-order valence-corrected chi connectivity index (χ4v) is 1.93. The van der Waals surface area contributed by atoms with Crippen molar-refractivity contribution in [3.63, 3.8) is 0 Å². The minimum atomic E-state index is -1.39. The van der Waals surface area contributed by atoms with E-state index in [2.05, 4.69) is 25.6 Å². The van der Waals surface area contributed by atoms with Crippen molar-refractivity contribution in [1.29, 1.82) is 0 Å². The molecule has 148 valence electrons. The monoisotopic (exact) mass is 397 g/mol. The minimum absolute atomic E-state index is 0.133. The number of benzene rings is 1. The molecule has 2 aromatic rings. The number of carbonyl (C=O) groups excluding carboxylic acids is 1. The average molecular weight is 397 g/mol. The first-order valence-corrected chi connectivity index (χ1v) is 7.67. The van der Waals surface area contributed by atoms with E-state index in [4.69, 9.17) is 11.5 Å². The van der Waals surface area contributed by atoms with Gasteiger partial charge in [0.25, 0.3) is 0 Å². The van der Waals surface area contributed by atoms with E-state index in [1.807, 2.05) is 0 Å². The van der Waals surface area contributed by atoms with Crippen LogP contribution in [-0.2, 0) is 11.3 Å². The largest absolute Gasteiger partial charge is 0.403 e. The fraction of sp³-hybridized carbons (Fsp3) is 0.125. The molecule has 12 heteroatoms. The lowest BCUT2D eigenvalue weighted by Gasteiger charge is -2.11. The zero-order chi connectivity index (χ0) is 20.7. The van der Waals surface area contributed by atoms with Crippen LogP contribution in [0.5, 0.6) is 0 Å². The molecule has 28 heavy (non-hydrogen) atoms. The van der Waals surface area contributed by atoms with Crippen molar-refractivity contribution >= 4 is 23.9 Å². The molecule has 1 heterocycles. The van der Waals surface area contributed by atoms with Gasteiger partial charge in [0, 0.05) is 24.5 Å². The van der Waals surface area contributed by atoms with Crippen LogP contribution in [0.1, 0.15) is 5.56 Å². The third-order valence-electron chi connectivity index (χ3n) is 3.23. The van der Waals surface area contributed by atoms with Crippen LogP contribution in [-0.4, -0.2) is 28.6 Å². The molecule has 0 saturated carbocycles. The molecule has 1 aromatic heterocycles. The highest BCUT2D eigenvalue weighted by Gasteiger charge is 2.15. The molecule has 1 amide bonds. The van der Waals surface area contributed by atoms with E-state index in [9.17, 15) is 22.4 Å². The zero-order valence-corrected chi connectivity index (χ0v) is 14.2. The third kappa shape index (κ3) is 5.40. The van der Waals surface area contributed by atoms with Gasteiger partial charge in [-0.05, 0) is 12.1 Å². The Morgan fingerprint density at radius 2 is 1.89 bits per heavy atom. The second-order valence-corrected chi connectivity index (χ2v) is 5.25. The number of primary amides is 1. The Labute approximate surface area is 156 Å². The van der Waals surface area contributed by atoms with Gasteiger partial charge in [-0.25, -0.2) is 22.5 Å². The van der Waals surface area contributed by atoms with Crippen molar-refractivity contribution in [3.05, 3.63) is 59.1 Å². The average Bonchev–Trinajstić information content (AvgIpc) is 2.66. The Kier molecular flexibility index (Phi) is 6.84. The van der Waals surface area contributed by atoms with Crippen LogP contribution < -0.4 is 22.1 Å². The number of halogens is 4. The molecule has 0 atom stereocenters. The van der Waals surface area contributed by atoms with Crippen LogP contribution >= 0.6 is 0 Å². The molecule has 0 bridgehead atoms. The summed E-state index contributed by atoms with van der Waals surface area (Å²) in [6.07, 6.45) is 3.06. The van der Waals surface area contributed by atoms with Gasteiger partial charge in [-0.1, -0.05) is 0 Å². The number of nitrogens with one attached hydrogen (secondary N) is 2. The molecule has 0 unspecified atom stereocenters. The predicted molar refractivity (Wildman–Crippen MR) is 94.1 cm³/mol. The van der Waals surface area contributed by atoms with Gasteiger partial charge in [-0.15, -0.1) is 0 Å². The summed E-state index contributed by atoms with van der Waals surface area (Å²) in [5.41, 5.74) is 9.89. The van der Waals surface area contributed by atoms with Crippen molar-refractivity contribution in [2.45, 2.75) is 6.54 Å². The molecule has 0 spiro atoms. The maximum atomic E-state index is 13.9. The van der Waals surface area contributed by atoms with Crippen molar-refractivity contribution in [2.75, 3.05) is 17.2 Å². The predicted octanol–water partition coefficient (Wildman–Crippen LogP) is 1.41. The Bertz CT molecular complexity index is 933. The molecule has 0 aliphatic rings. The highest BCUT2D eigenvalue weighted by molar-refractivity contribution is 5.85. The second kappa shape index (κ2) is 9.30. The quantitative estimate of drug-likeness (QED) is 0.303. The van der Waals surface area contributed by atoms with Crippen molar-refractivity contribution in [1.82, 2.24) is 9.97 Å². The van der Waals surface area contributed by atoms with E-state index in [0.717, 1.165) is 18.5 Å². The van der Waals surface area contributed by atoms with Crippen LogP contribution in [0.3, 0.4) is 0 Å². The number of carbonyl (C=O) groups is 1. The zero-order valence-electron chi connectivity index (χ0n) is 14.2. The highest BCUT2D eigenvalue weighted by Crippen LogP contribution is 2.19. The van der Waals surface area contributed by atoms with E-state index in [0.29, 0.717) is 6.07 Å². The molecule has 0 saturated heterocycles. The normalized spacial score (nSPS) is 11.6. The molecular formula is C16H15F4N7O. The molecule has 0 aliphatic heterocycles. The Balaban J connectivity index is 2.14. The van der Waals surface area contributed by atoms with Crippen LogP contribution in [0.15, 0.2) is 35.2 Å². The van der Waals surface area contributed by atoms with E-state index < -0.39 is 47.1 Å². The lowest BCUT2D eigenvalue weighted by molar-refractivity contribution is -0.116. The van der Waals surface area contributed by atoms with E-state index >= 15 is 0 Å². The fourth-order valence-electron chi connectivity index (χ4n) is 1.93. The molecule has 0 fully saturated rings. The summed E-state index contributed by atoms with van der Waals surface area (Å²) in [6, 6.07) is 1.39. The maximum absolute atomic E-state index is 13.9. The van der Waals surface area contributed by atoms with E-state index in [-0.39, 0.29) is 18.2 Å². The number of allylic oxidation sites excluding steroid dienone is 1. The standard InChI is InChI=1S/C16H15F4N7O/c17-10-1-2-11(18)14(20)9(10)5-24-15-12(19)6-25-16(27-15)26-8(3-21)4-23-7-13(22)28/h1-4,6H,5,7,21H2,(H2,22,28)(H2,24,25,26,27)/b8-3+,23-4?. The summed E-state index contributed by atoms with van der Waals surface area (Å²) in [7, 11) is 0. The van der Waals surface area contributed by atoms with Crippen molar-refractivity contribution in [3.8, 4) is 0 Å². The van der Waals surface area contributed by atoms with Gasteiger partial charge >= 0.3 is 0 Å². The van der Waals surface area contributed by atoms with Crippen LogP contribution in [0.2, 0.25) is 0 Å². The van der Waals surface area contributed by atoms with Gasteiger partial charge in [-0.2, -0.15) is 4.98 Å². The summed E-state index contributed by atoms with van der Waals surface area (Å²) in [5.74, 6) is -5.73. The Morgan fingerprint density at radius 3 is 2.57 bits per heavy atom. The van der Waals surface area contributed by atoms with Crippen molar-refractivity contribution < 1.29 is 22.4 Å². The van der Waals surface area contributed by atoms with Gasteiger partial charge in [-0.3, -0.25) is 9.79 Å². The number of anilines is 2. The summed E-state index contributed by atoms with van der Waals surface area (Å²) >= 11 is 0. The lowest BCUT2D eigenvalue weighted by atomic mass is 10.2. The molecule has 1 aromatic carbocycles. The number of hydrogen-bond acceptors (Lipinski definition) is 7. The molecule has 2 rings (SSSR count). The number of hydrogen-bond donors (Lipinski definition) is 4. The highest BCUT2D eigenvalue weighted by atomic mass is 19.2. The topological polar surface area (TPSA) is 131 Å². The second-order valence-electron chi connectivity index (χ2n) is 5.25. The van der Waals surface area contributed by atoms with Crippen LogP contribution in [0, 0.1) is 23.3 Å². The SMILES string of the molecule is N/C=C(\C=NCC(N)=O)Nc1ncc(F)c(NCc2c(F)ccc(F)c2F)n1. The van der Waals surface area contributed by atoms with Gasteiger partial charge < -0.3 is 22.1 Å². The van der Waals surface area contributed by atoms with E-state index in [1.54, 1.807) is 0 Å². The number of nitrogens with two attached hydrogens (primary N) is 2. The van der Waals surface area contributed by atoms with Gasteiger partial charge in [0.15, 0.2) is 23.3 Å². The molecule has 8 nitrogen and oxygen atoms in total. The maximum Gasteiger partial charge on any atom is 0.239 e. The smallest absolute Gasteiger partial charge is 0.239 e. The number of amides is 1. The van der Waals surface area contributed by atoms with Gasteiger partial charge in [0.1, 0.15) is 12.4 Å². The first-order valence-electron chi connectivity index (χ1n) is 7.67. The van der Waals surface area contributed by atoms with Crippen molar-refractivity contribution in [2.24, 2.45) is 16.5 Å². The van der Waals surface area contributed by atoms with E-state index in [1.165, 1.54) is 6.21 Å². The Morgan fingerprint density at radius 1 is 1.18 bits per heavy atom. The third-order valence-corrected chi connectivity index (χ3v) is 3.23. The lowest BCUT2D eigenvalue weighted by Crippen LogP contribution is -2.15. The van der Waals surface area contributed by atoms with Gasteiger partial charge in [0.05, 0.1) is 11.9 Å². The van der Waals surface area contributed by atoms with Gasteiger partial charge in [0.2, 0.25) is 11.9 Å².